The van der Waals surface area contributed by atoms with Gasteiger partial charge in [-0.3, -0.25) is 4.79 Å². The van der Waals surface area contributed by atoms with Crippen molar-refractivity contribution >= 4 is 23.1 Å². The van der Waals surface area contributed by atoms with Crippen LogP contribution in [0.5, 0.6) is 5.75 Å². The zero-order valence-corrected chi connectivity index (χ0v) is 21.7. The third-order valence-electron chi connectivity index (χ3n) is 5.69. The summed E-state index contributed by atoms with van der Waals surface area (Å²) in [5.74, 6) is 0.494. The molecule has 0 aromatic heterocycles. The minimum Gasteiger partial charge on any atom is -0.497 e. The van der Waals surface area contributed by atoms with Crippen molar-refractivity contribution in [2.45, 2.75) is 26.7 Å². The third kappa shape index (κ3) is 7.74. The first kappa shape index (κ1) is 27.6. The number of rotatable bonds is 10. The molecule has 0 aliphatic heterocycles. The van der Waals surface area contributed by atoms with E-state index in [0.29, 0.717) is 48.5 Å². The number of azo groups is 1. The average Bonchev–Trinajstić information content (AvgIpc) is 2.94. The fraction of sp³-hybridized carbons (Fsp3) is 0.241. The Balaban J connectivity index is 1.95. The van der Waals surface area contributed by atoms with Gasteiger partial charge in [0.05, 0.1) is 37.8 Å². The summed E-state index contributed by atoms with van der Waals surface area (Å²) in [6.07, 6.45) is 0.692. The van der Waals surface area contributed by atoms with Crippen molar-refractivity contribution in [2.24, 2.45) is 15.3 Å². The van der Waals surface area contributed by atoms with E-state index >= 15 is 0 Å². The molecule has 0 saturated heterocycles. The summed E-state index contributed by atoms with van der Waals surface area (Å²) in [6.45, 7) is 4.88. The van der Waals surface area contributed by atoms with Crippen molar-refractivity contribution in [1.82, 2.24) is 5.43 Å². The summed E-state index contributed by atoms with van der Waals surface area (Å²) in [7, 11) is 1.57. The first-order chi connectivity index (χ1) is 18.4. The number of hydrazone groups is 1. The van der Waals surface area contributed by atoms with E-state index in [9.17, 15) is 4.79 Å². The molecule has 0 atom stereocenters. The molecule has 0 aliphatic rings. The lowest BCUT2D eigenvalue weighted by atomic mass is 10.1. The van der Waals surface area contributed by atoms with Gasteiger partial charge < -0.3 is 9.64 Å². The van der Waals surface area contributed by atoms with Crippen LogP contribution in [0.3, 0.4) is 0 Å². The molecule has 0 fully saturated rings. The molecule has 9 heteroatoms. The van der Waals surface area contributed by atoms with Gasteiger partial charge in [-0.15, -0.1) is 15.3 Å². The molecule has 0 saturated carbocycles. The molecule has 0 aliphatic carbocycles. The van der Waals surface area contributed by atoms with Crippen LogP contribution < -0.4 is 15.1 Å². The fourth-order valence-electron chi connectivity index (χ4n) is 3.62. The number of amidine groups is 1. The van der Waals surface area contributed by atoms with Crippen molar-refractivity contribution in [3.63, 3.8) is 0 Å². The number of hydrogen-bond donors (Lipinski definition) is 1. The monoisotopic (exact) mass is 507 g/mol. The number of aryl methyl sites for hydroxylation is 2. The van der Waals surface area contributed by atoms with Crippen LogP contribution in [0, 0.1) is 36.5 Å². The van der Waals surface area contributed by atoms with Crippen LogP contribution in [0.1, 0.15) is 39.9 Å². The Morgan fingerprint density at radius 1 is 0.974 bits per heavy atom. The van der Waals surface area contributed by atoms with Crippen molar-refractivity contribution in [3.05, 3.63) is 89.0 Å². The zero-order chi connectivity index (χ0) is 27.3. The molecule has 38 heavy (non-hydrogen) atoms. The van der Waals surface area contributed by atoms with Gasteiger partial charge in [0.15, 0.2) is 0 Å². The van der Waals surface area contributed by atoms with Crippen LogP contribution >= 0.6 is 0 Å². The van der Waals surface area contributed by atoms with Crippen LogP contribution in [0.2, 0.25) is 0 Å². The van der Waals surface area contributed by atoms with E-state index in [2.05, 4.69) is 32.9 Å². The number of methoxy groups -OCH3 is 1. The smallest absolute Gasteiger partial charge is 0.271 e. The summed E-state index contributed by atoms with van der Waals surface area (Å²) in [4.78, 5) is 14.7. The van der Waals surface area contributed by atoms with E-state index in [4.69, 9.17) is 15.3 Å². The average molecular weight is 508 g/mol. The SMILES string of the molecule is COc1cccc(N=NC(=NNC(=O)c2ccc(C)cc2)c2ccc(N(CCC#N)CCC#N)cc2C)c1. The predicted octanol–water partition coefficient (Wildman–Crippen LogP) is 5.82. The first-order valence-corrected chi connectivity index (χ1v) is 12.1. The number of nitriles is 2. The van der Waals surface area contributed by atoms with Crippen LogP contribution in [0.4, 0.5) is 11.4 Å². The second-order valence-corrected chi connectivity index (χ2v) is 8.45. The molecule has 0 bridgehead atoms. The normalized spacial score (nSPS) is 11.0. The summed E-state index contributed by atoms with van der Waals surface area (Å²) in [5, 5.41) is 31.0. The van der Waals surface area contributed by atoms with Gasteiger partial charge in [0.2, 0.25) is 5.84 Å². The van der Waals surface area contributed by atoms with Crippen molar-refractivity contribution in [3.8, 4) is 17.9 Å². The number of nitrogens with one attached hydrogen (secondary N) is 1. The fourth-order valence-corrected chi connectivity index (χ4v) is 3.62. The van der Waals surface area contributed by atoms with E-state index in [1.54, 1.807) is 37.4 Å². The Morgan fingerprint density at radius 2 is 1.68 bits per heavy atom. The number of benzene rings is 3. The van der Waals surface area contributed by atoms with E-state index in [0.717, 1.165) is 16.8 Å². The molecule has 0 spiro atoms. The number of amides is 1. The standard InChI is InChI=1S/C29H29N7O2/c1-21-9-11-23(12-10-21)29(37)35-34-28(33-32-24-7-4-8-26(20-24)38-3)27-14-13-25(19-22(27)2)36(17-5-15-30)18-6-16-31/h4,7-14,19-20H,5-6,17-18H2,1-3H3,(H,35,37). The van der Waals surface area contributed by atoms with E-state index in [1.807, 2.05) is 55.1 Å². The summed E-state index contributed by atoms with van der Waals surface area (Å²) in [6, 6.07) is 24.3. The molecular formula is C29H29N7O2. The van der Waals surface area contributed by atoms with Gasteiger partial charge in [0.25, 0.3) is 5.91 Å². The maximum atomic E-state index is 12.7. The van der Waals surface area contributed by atoms with Crippen LogP contribution in [0.15, 0.2) is 82.1 Å². The number of ether oxygens (including phenoxy) is 1. The topological polar surface area (TPSA) is 126 Å². The minimum absolute atomic E-state index is 0.220. The Kier molecular flexibility index (Phi) is 10.1. The number of anilines is 1. The number of carbonyl (C=O) groups is 1. The second-order valence-electron chi connectivity index (χ2n) is 8.45. The number of hydrogen-bond acceptors (Lipinski definition) is 7. The molecule has 0 radical (unpaired) electrons. The summed E-state index contributed by atoms with van der Waals surface area (Å²) in [5.41, 5.74) is 7.06. The van der Waals surface area contributed by atoms with Crippen LogP contribution in [-0.2, 0) is 0 Å². The van der Waals surface area contributed by atoms with Gasteiger partial charge in [-0.2, -0.15) is 10.5 Å². The lowest BCUT2D eigenvalue weighted by Gasteiger charge is -2.23. The summed E-state index contributed by atoms with van der Waals surface area (Å²) >= 11 is 0. The minimum atomic E-state index is -0.368. The number of nitrogens with zero attached hydrogens (tertiary/aromatic N) is 6. The lowest BCUT2D eigenvalue weighted by molar-refractivity contribution is 0.0955. The highest BCUT2D eigenvalue weighted by molar-refractivity contribution is 6.02. The maximum absolute atomic E-state index is 12.7. The highest BCUT2D eigenvalue weighted by Gasteiger charge is 2.13. The van der Waals surface area contributed by atoms with E-state index in [-0.39, 0.29) is 11.7 Å². The van der Waals surface area contributed by atoms with Gasteiger partial charge in [-0.25, -0.2) is 5.43 Å². The second kappa shape index (κ2) is 13.9. The number of carbonyl (C=O) groups excluding carboxylic acids is 1. The molecule has 3 aromatic rings. The Hall–Kier alpha value is -5.02. The van der Waals surface area contributed by atoms with Gasteiger partial charge in [-0.1, -0.05) is 23.8 Å². The highest BCUT2D eigenvalue weighted by atomic mass is 16.5. The molecule has 3 rings (SSSR count). The first-order valence-electron chi connectivity index (χ1n) is 12.1. The van der Waals surface area contributed by atoms with Crippen molar-refractivity contribution < 1.29 is 9.53 Å². The molecule has 3 aromatic carbocycles. The van der Waals surface area contributed by atoms with Crippen LogP contribution in [-0.4, -0.2) is 31.9 Å². The lowest BCUT2D eigenvalue weighted by Crippen LogP contribution is -2.25. The molecule has 1 amide bonds. The third-order valence-corrected chi connectivity index (χ3v) is 5.69. The Labute approximate surface area is 222 Å². The van der Waals surface area contributed by atoms with E-state index < -0.39 is 0 Å². The highest BCUT2D eigenvalue weighted by Crippen LogP contribution is 2.23. The molecular weight excluding hydrogens is 478 g/mol. The van der Waals surface area contributed by atoms with Crippen molar-refractivity contribution in [1.29, 1.82) is 10.5 Å². The van der Waals surface area contributed by atoms with E-state index in [1.165, 1.54) is 0 Å². The van der Waals surface area contributed by atoms with Gasteiger partial charge in [0, 0.05) is 36.0 Å². The molecule has 0 heterocycles. The van der Waals surface area contributed by atoms with Crippen molar-refractivity contribution in [2.75, 3.05) is 25.1 Å². The molecule has 9 nitrogen and oxygen atoms in total. The Morgan fingerprint density at radius 3 is 2.32 bits per heavy atom. The van der Waals surface area contributed by atoms with Gasteiger partial charge in [0.1, 0.15) is 5.75 Å². The molecule has 0 unspecified atom stereocenters. The zero-order valence-electron chi connectivity index (χ0n) is 21.7. The molecule has 1 N–H and O–H groups in total. The van der Waals surface area contributed by atoms with Gasteiger partial charge in [-0.05, 0) is 61.9 Å². The summed E-state index contributed by atoms with van der Waals surface area (Å²) < 4.78 is 5.26. The van der Waals surface area contributed by atoms with Gasteiger partial charge >= 0.3 is 0 Å². The van der Waals surface area contributed by atoms with Crippen LogP contribution in [0.25, 0.3) is 0 Å². The Bertz CT molecular complexity index is 1380. The largest absolute Gasteiger partial charge is 0.497 e. The molecule has 192 valence electrons. The maximum Gasteiger partial charge on any atom is 0.271 e. The predicted molar refractivity (Wildman–Crippen MR) is 147 cm³/mol. The quantitative estimate of drug-likeness (QED) is 0.160.